The highest BCUT2D eigenvalue weighted by molar-refractivity contribution is 5.93. The molecule has 24 heavy (non-hydrogen) atoms. The van der Waals surface area contributed by atoms with Gasteiger partial charge in [-0.05, 0) is 13.0 Å². The van der Waals surface area contributed by atoms with E-state index in [2.05, 4.69) is 9.97 Å². The molecule has 0 atom stereocenters. The average molecular weight is 343 g/mol. The Morgan fingerprint density at radius 1 is 1.29 bits per heavy atom. The van der Waals surface area contributed by atoms with Crippen LogP contribution in [0.2, 0.25) is 0 Å². The van der Waals surface area contributed by atoms with E-state index in [9.17, 15) is 22.8 Å². The molecule has 0 spiro atoms. The summed E-state index contributed by atoms with van der Waals surface area (Å²) in [7, 11) is 1.39. The van der Waals surface area contributed by atoms with Crippen molar-refractivity contribution in [1.29, 1.82) is 0 Å². The second-order valence-electron chi connectivity index (χ2n) is 4.94. The van der Waals surface area contributed by atoms with Crippen molar-refractivity contribution in [2.45, 2.75) is 19.6 Å². The van der Waals surface area contributed by atoms with Crippen LogP contribution >= 0.6 is 0 Å². The Kier molecular flexibility index (Phi) is 4.58. The Morgan fingerprint density at radius 2 is 1.88 bits per heavy atom. The number of hydrogen-bond acceptors (Lipinski definition) is 5. The quantitative estimate of drug-likeness (QED) is 0.915. The van der Waals surface area contributed by atoms with Gasteiger partial charge in [-0.3, -0.25) is 4.79 Å². The maximum atomic E-state index is 12.4. The monoisotopic (exact) mass is 343 g/mol. The molecule has 0 bridgehead atoms. The molecule has 2 aromatic heterocycles. The van der Waals surface area contributed by atoms with Gasteiger partial charge in [-0.1, -0.05) is 0 Å². The second kappa shape index (κ2) is 6.30. The van der Waals surface area contributed by atoms with Crippen LogP contribution in [0.25, 0.3) is 0 Å². The number of aromatic nitrogens is 2. The Labute approximate surface area is 133 Å². The van der Waals surface area contributed by atoms with Gasteiger partial charge in [-0.15, -0.1) is 0 Å². The first kappa shape index (κ1) is 17.4. The van der Waals surface area contributed by atoms with E-state index in [0.717, 1.165) is 17.3 Å². The lowest BCUT2D eigenvalue weighted by Crippen LogP contribution is -2.26. The van der Waals surface area contributed by atoms with E-state index in [1.807, 2.05) is 0 Å². The first-order valence-electron chi connectivity index (χ1n) is 6.57. The molecule has 0 aliphatic rings. The summed E-state index contributed by atoms with van der Waals surface area (Å²) >= 11 is 0. The fourth-order valence-electron chi connectivity index (χ4n) is 1.94. The van der Waals surface area contributed by atoms with Crippen molar-refractivity contribution in [3.63, 3.8) is 0 Å². The van der Waals surface area contributed by atoms with Crippen LogP contribution in [-0.4, -0.2) is 38.9 Å². The summed E-state index contributed by atoms with van der Waals surface area (Å²) in [6.45, 7) is 1.41. The molecule has 128 valence electrons. The van der Waals surface area contributed by atoms with Crippen molar-refractivity contribution in [3.05, 3.63) is 46.9 Å². The number of carboxylic acid groups (broad SMARTS) is 1. The Bertz CT molecular complexity index is 769. The molecular formula is C14H12F3N3O4. The summed E-state index contributed by atoms with van der Waals surface area (Å²) in [5.41, 5.74) is -0.157. The number of alkyl halides is 3. The normalized spacial score (nSPS) is 11.4. The first-order valence-corrected chi connectivity index (χ1v) is 6.57. The number of carboxylic acids is 1. The van der Waals surface area contributed by atoms with Gasteiger partial charge in [0.15, 0.2) is 0 Å². The van der Waals surface area contributed by atoms with E-state index in [4.69, 9.17) is 9.52 Å². The predicted octanol–water partition coefficient (Wildman–Crippen LogP) is 2.37. The smallest absolute Gasteiger partial charge is 0.451 e. The number of carbonyl (C=O) groups excluding carboxylic acids is 1. The summed E-state index contributed by atoms with van der Waals surface area (Å²) in [6, 6.07) is 1.28. The molecule has 10 heteroatoms. The van der Waals surface area contributed by atoms with Gasteiger partial charge in [0.1, 0.15) is 17.1 Å². The second-order valence-corrected chi connectivity index (χ2v) is 4.94. The molecule has 0 aromatic carbocycles. The average Bonchev–Trinajstić information content (AvgIpc) is 2.86. The van der Waals surface area contributed by atoms with Crippen molar-refractivity contribution in [1.82, 2.24) is 14.9 Å². The molecule has 0 radical (unpaired) electrons. The van der Waals surface area contributed by atoms with Crippen molar-refractivity contribution < 1.29 is 32.3 Å². The molecule has 2 rings (SSSR count). The minimum absolute atomic E-state index is 0.0243. The highest BCUT2D eigenvalue weighted by Gasteiger charge is 2.34. The molecule has 0 aliphatic carbocycles. The lowest BCUT2D eigenvalue weighted by molar-refractivity contribution is -0.145. The summed E-state index contributed by atoms with van der Waals surface area (Å²) in [5.74, 6) is -2.71. The summed E-state index contributed by atoms with van der Waals surface area (Å²) < 4.78 is 42.4. The fraction of sp³-hybridized carbons (Fsp3) is 0.286. The molecule has 0 aliphatic heterocycles. The zero-order chi connectivity index (χ0) is 18.1. The largest absolute Gasteiger partial charge is 0.478 e. The number of aryl methyl sites for hydroxylation is 1. The third-order valence-corrected chi connectivity index (χ3v) is 3.09. The number of rotatable bonds is 4. The van der Waals surface area contributed by atoms with Crippen LogP contribution in [0, 0.1) is 6.92 Å². The standard InChI is InChI=1S/C14H12F3N3O4/c1-7-10(12(22)23)3-9(24-7)6-20(2)11(21)8-4-18-13(19-5-8)14(15,16)17/h3-5H,6H2,1-2H3,(H,22,23). The SMILES string of the molecule is Cc1oc(CN(C)C(=O)c2cnc(C(F)(F)F)nc2)cc1C(=O)O. The van der Waals surface area contributed by atoms with Gasteiger partial charge in [-0.25, -0.2) is 14.8 Å². The van der Waals surface area contributed by atoms with Gasteiger partial charge >= 0.3 is 12.1 Å². The van der Waals surface area contributed by atoms with Crippen molar-refractivity contribution >= 4 is 11.9 Å². The van der Waals surface area contributed by atoms with Crippen LogP contribution in [0.1, 0.15) is 38.1 Å². The van der Waals surface area contributed by atoms with Crippen LogP contribution in [-0.2, 0) is 12.7 Å². The number of furan rings is 1. The van der Waals surface area contributed by atoms with Gasteiger partial charge in [0.2, 0.25) is 5.82 Å². The van der Waals surface area contributed by atoms with Gasteiger partial charge in [0.25, 0.3) is 5.91 Å². The molecule has 0 saturated heterocycles. The van der Waals surface area contributed by atoms with Gasteiger partial charge in [-0.2, -0.15) is 13.2 Å². The summed E-state index contributed by atoms with van der Waals surface area (Å²) in [6.07, 6.45) is -3.12. The molecule has 0 unspecified atom stereocenters. The summed E-state index contributed by atoms with van der Waals surface area (Å²) in [5, 5.41) is 8.94. The van der Waals surface area contributed by atoms with Gasteiger partial charge in [0.05, 0.1) is 12.1 Å². The Morgan fingerprint density at radius 3 is 2.33 bits per heavy atom. The van der Waals surface area contributed by atoms with E-state index < -0.39 is 23.9 Å². The number of halogens is 3. The van der Waals surface area contributed by atoms with Crippen molar-refractivity contribution in [3.8, 4) is 0 Å². The minimum Gasteiger partial charge on any atom is -0.478 e. The lowest BCUT2D eigenvalue weighted by Gasteiger charge is -2.15. The highest BCUT2D eigenvalue weighted by Crippen LogP contribution is 2.25. The van der Waals surface area contributed by atoms with E-state index >= 15 is 0 Å². The number of carbonyl (C=O) groups is 2. The molecule has 7 nitrogen and oxygen atoms in total. The van der Waals surface area contributed by atoms with Gasteiger partial charge in [0, 0.05) is 19.4 Å². The Hall–Kier alpha value is -2.91. The van der Waals surface area contributed by atoms with Crippen LogP contribution in [0.4, 0.5) is 13.2 Å². The summed E-state index contributed by atoms with van der Waals surface area (Å²) in [4.78, 5) is 30.5. The maximum absolute atomic E-state index is 12.4. The van der Waals surface area contributed by atoms with Crippen molar-refractivity contribution in [2.24, 2.45) is 0 Å². The lowest BCUT2D eigenvalue weighted by atomic mass is 10.2. The van der Waals surface area contributed by atoms with Gasteiger partial charge < -0.3 is 14.4 Å². The molecule has 0 fully saturated rings. The predicted molar refractivity (Wildman–Crippen MR) is 73.2 cm³/mol. The van der Waals surface area contributed by atoms with Crippen LogP contribution in [0.5, 0.6) is 0 Å². The molecule has 2 heterocycles. The topological polar surface area (TPSA) is 96.5 Å². The van der Waals surface area contributed by atoms with E-state index in [1.165, 1.54) is 20.0 Å². The third-order valence-electron chi connectivity index (χ3n) is 3.09. The third kappa shape index (κ3) is 3.70. The van der Waals surface area contributed by atoms with E-state index in [1.54, 1.807) is 0 Å². The molecule has 1 N–H and O–H groups in total. The maximum Gasteiger partial charge on any atom is 0.451 e. The van der Waals surface area contributed by atoms with Crippen LogP contribution in [0.15, 0.2) is 22.9 Å². The number of amides is 1. The molecule has 1 amide bonds. The molecule has 2 aromatic rings. The molecule has 0 saturated carbocycles. The number of hydrogen-bond donors (Lipinski definition) is 1. The van der Waals surface area contributed by atoms with E-state index in [-0.39, 0.29) is 29.2 Å². The zero-order valence-corrected chi connectivity index (χ0v) is 12.6. The molecular weight excluding hydrogens is 331 g/mol. The van der Waals surface area contributed by atoms with Crippen molar-refractivity contribution in [2.75, 3.05) is 7.05 Å². The first-order chi connectivity index (χ1) is 11.1. The van der Waals surface area contributed by atoms with E-state index in [0.29, 0.717) is 0 Å². The fourth-order valence-corrected chi connectivity index (χ4v) is 1.94. The van der Waals surface area contributed by atoms with Crippen LogP contribution < -0.4 is 0 Å². The highest BCUT2D eigenvalue weighted by atomic mass is 19.4. The Balaban J connectivity index is 2.12. The number of aromatic carboxylic acids is 1. The zero-order valence-electron chi connectivity index (χ0n) is 12.6. The minimum atomic E-state index is -4.69. The van der Waals surface area contributed by atoms with Crippen LogP contribution in [0.3, 0.4) is 0 Å². The number of nitrogens with zero attached hydrogens (tertiary/aromatic N) is 3.